The first-order chi connectivity index (χ1) is 9.11. The summed E-state index contributed by atoms with van der Waals surface area (Å²) in [5.41, 5.74) is 1.77. The molecule has 1 aliphatic rings. The van der Waals surface area contributed by atoms with Gasteiger partial charge in [-0.3, -0.25) is 0 Å². The molecule has 1 aromatic rings. The maximum atomic E-state index is 10.5. The minimum Gasteiger partial charge on any atom is -0.478 e. The van der Waals surface area contributed by atoms with E-state index in [0.717, 1.165) is 23.9 Å². The Hall–Kier alpha value is -1.74. The predicted octanol–water partition coefficient (Wildman–Crippen LogP) is 3.59. The van der Waals surface area contributed by atoms with Crippen LogP contribution in [-0.4, -0.2) is 23.7 Å². The van der Waals surface area contributed by atoms with Crippen molar-refractivity contribution in [2.24, 2.45) is 0 Å². The molecular weight excluding hydrogens is 262 g/mol. The van der Waals surface area contributed by atoms with E-state index in [0.29, 0.717) is 11.1 Å². The Labute approximate surface area is 117 Å². The van der Waals surface area contributed by atoms with Gasteiger partial charge in [-0.25, -0.2) is 4.79 Å². The van der Waals surface area contributed by atoms with Gasteiger partial charge in [0.2, 0.25) is 0 Å². The molecule has 3 nitrogen and oxygen atoms in total. The fraction of sp³-hybridized carbons (Fsp3) is 0.267. The molecule has 0 heterocycles. The maximum absolute atomic E-state index is 10.5. The molecule has 1 aromatic carbocycles. The second kappa shape index (κ2) is 5.93. The van der Waals surface area contributed by atoms with E-state index in [1.807, 2.05) is 18.2 Å². The first kappa shape index (κ1) is 13.7. The van der Waals surface area contributed by atoms with E-state index in [4.69, 9.17) is 16.7 Å². The van der Waals surface area contributed by atoms with Gasteiger partial charge in [0, 0.05) is 18.7 Å². The summed E-state index contributed by atoms with van der Waals surface area (Å²) in [7, 11) is 0. The molecule has 0 amide bonds. The highest BCUT2D eigenvalue weighted by Crippen LogP contribution is 2.36. The zero-order valence-electron chi connectivity index (χ0n) is 10.6. The fourth-order valence-electron chi connectivity index (χ4n) is 2.00. The second-order valence-electron chi connectivity index (χ2n) is 4.55. The van der Waals surface area contributed by atoms with Gasteiger partial charge >= 0.3 is 5.97 Å². The van der Waals surface area contributed by atoms with Crippen LogP contribution >= 0.6 is 11.6 Å². The third-order valence-corrected chi connectivity index (χ3v) is 3.32. The molecule has 1 fully saturated rings. The van der Waals surface area contributed by atoms with Gasteiger partial charge in [0.05, 0.1) is 10.7 Å². The summed E-state index contributed by atoms with van der Waals surface area (Å²) < 4.78 is 0. The van der Waals surface area contributed by atoms with Crippen molar-refractivity contribution in [3.63, 3.8) is 0 Å². The number of benzene rings is 1. The molecule has 1 N–H and O–H groups in total. The van der Waals surface area contributed by atoms with Crippen molar-refractivity contribution in [2.45, 2.75) is 18.9 Å². The lowest BCUT2D eigenvalue weighted by Crippen LogP contribution is -2.25. The second-order valence-corrected chi connectivity index (χ2v) is 4.96. The van der Waals surface area contributed by atoms with Crippen LogP contribution < -0.4 is 4.90 Å². The standard InChI is InChI=1S/C15H16ClNO2/c1-2-9-17(12-5-6-12)14-7-3-11(10-13(14)16)4-8-15(18)19/h2-4,7-8,10,12H,1,5-6,9H2,(H,18,19)/b8-4+. The topological polar surface area (TPSA) is 40.5 Å². The third-order valence-electron chi connectivity index (χ3n) is 3.01. The Morgan fingerprint density at radius 3 is 2.79 bits per heavy atom. The number of hydrogen-bond acceptors (Lipinski definition) is 2. The number of hydrogen-bond donors (Lipinski definition) is 1. The highest BCUT2D eigenvalue weighted by molar-refractivity contribution is 6.33. The van der Waals surface area contributed by atoms with Crippen molar-refractivity contribution in [2.75, 3.05) is 11.4 Å². The smallest absolute Gasteiger partial charge is 0.328 e. The summed E-state index contributed by atoms with van der Waals surface area (Å²) in [6.07, 6.45) is 6.88. The van der Waals surface area contributed by atoms with E-state index in [1.165, 1.54) is 18.9 Å². The quantitative estimate of drug-likeness (QED) is 0.638. The van der Waals surface area contributed by atoms with Crippen LogP contribution in [0.5, 0.6) is 0 Å². The van der Waals surface area contributed by atoms with Crippen molar-refractivity contribution < 1.29 is 9.90 Å². The molecule has 0 unspecified atom stereocenters. The van der Waals surface area contributed by atoms with Crippen molar-refractivity contribution in [1.29, 1.82) is 0 Å². The monoisotopic (exact) mass is 277 g/mol. The normalized spacial score (nSPS) is 14.6. The first-order valence-electron chi connectivity index (χ1n) is 6.20. The summed E-state index contributed by atoms with van der Waals surface area (Å²) in [6, 6.07) is 6.15. The zero-order valence-corrected chi connectivity index (χ0v) is 11.3. The zero-order chi connectivity index (χ0) is 13.8. The number of anilines is 1. The highest BCUT2D eigenvalue weighted by atomic mass is 35.5. The molecule has 0 aromatic heterocycles. The largest absolute Gasteiger partial charge is 0.478 e. The van der Waals surface area contributed by atoms with E-state index < -0.39 is 5.97 Å². The van der Waals surface area contributed by atoms with Gasteiger partial charge in [-0.15, -0.1) is 6.58 Å². The molecule has 0 radical (unpaired) electrons. The van der Waals surface area contributed by atoms with Gasteiger partial charge in [-0.1, -0.05) is 23.7 Å². The molecule has 0 bridgehead atoms. The van der Waals surface area contributed by atoms with Crippen LogP contribution in [0.2, 0.25) is 5.02 Å². The SMILES string of the molecule is C=CCN(c1ccc(/C=C/C(=O)O)cc1Cl)C1CC1. The lowest BCUT2D eigenvalue weighted by Gasteiger charge is -2.24. The van der Waals surface area contributed by atoms with Crippen molar-refractivity contribution in [3.05, 3.63) is 47.5 Å². The number of nitrogens with zero attached hydrogens (tertiary/aromatic N) is 1. The maximum Gasteiger partial charge on any atom is 0.328 e. The van der Waals surface area contributed by atoms with Gasteiger partial charge in [-0.2, -0.15) is 0 Å². The van der Waals surface area contributed by atoms with Crippen LogP contribution in [0.25, 0.3) is 6.08 Å². The Morgan fingerprint density at radius 1 is 1.53 bits per heavy atom. The predicted molar refractivity (Wildman–Crippen MR) is 78.7 cm³/mol. The van der Waals surface area contributed by atoms with Gasteiger partial charge < -0.3 is 10.0 Å². The Kier molecular flexibility index (Phi) is 4.27. The molecule has 1 saturated carbocycles. The molecule has 19 heavy (non-hydrogen) atoms. The number of aliphatic carboxylic acids is 1. The van der Waals surface area contributed by atoms with Crippen molar-refractivity contribution in [1.82, 2.24) is 0 Å². The third kappa shape index (κ3) is 3.61. The highest BCUT2D eigenvalue weighted by Gasteiger charge is 2.29. The fourth-order valence-corrected chi connectivity index (χ4v) is 2.29. The molecule has 2 rings (SSSR count). The van der Waals surface area contributed by atoms with Crippen LogP contribution in [0.15, 0.2) is 36.9 Å². The Morgan fingerprint density at radius 2 is 2.26 bits per heavy atom. The molecule has 4 heteroatoms. The Balaban J connectivity index is 2.22. The van der Waals surface area contributed by atoms with E-state index >= 15 is 0 Å². The Bertz CT molecular complexity index is 521. The van der Waals surface area contributed by atoms with Crippen LogP contribution in [0.4, 0.5) is 5.69 Å². The van der Waals surface area contributed by atoms with E-state index in [2.05, 4.69) is 11.5 Å². The molecular formula is C15H16ClNO2. The van der Waals surface area contributed by atoms with Crippen LogP contribution in [-0.2, 0) is 4.79 Å². The number of carboxylic acid groups (broad SMARTS) is 1. The number of carboxylic acids is 1. The average Bonchev–Trinajstić information content (AvgIpc) is 3.18. The summed E-state index contributed by atoms with van der Waals surface area (Å²) >= 11 is 6.29. The number of carbonyl (C=O) groups is 1. The molecule has 0 saturated heterocycles. The van der Waals surface area contributed by atoms with Crippen LogP contribution in [0.1, 0.15) is 18.4 Å². The molecule has 0 spiro atoms. The number of halogens is 1. The molecule has 100 valence electrons. The van der Waals surface area contributed by atoms with E-state index in [1.54, 1.807) is 6.07 Å². The first-order valence-corrected chi connectivity index (χ1v) is 6.57. The summed E-state index contributed by atoms with van der Waals surface area (Å²) in [4.78, 5) is 12.7. The van der Waals surface area contributed by atoms with Gasteiger partial charge in [0.1, 0.15) is 0 Å². The molecule has 0 aliphatic heterocycles. The molecule has 0 atom stereocenters. The lowest BCUT2D eigenvalue weighted by atomic mass is 10.1. The minimum atomic E-state index is -0.966. The van der Waals surface area contributed by atoms with Crippen molar-refractivity contribution in [3.8, 4) is 0 Å². The summed E-state index contributed by atoms with van der Waals surface area (Å²) in [5, 5.41) is 9.24. The lowest BCUT2D eigenvalue weighted by molar-refractivity contribution is -0.131. The number of rotatable bonds is 6. The van der Waals surface area contributed by atoms with Crippen molar-refractivity contribution >= 4 is 29.3 Å². The van der Waals surface area contributed by atoms with Crippen LogP contribution in [0.3, 0.4) is 0 Å². The van der Waals surface area contributed by atoms with E-state index in [9.17, 15) is 4.79 Å². The van der Waals surface area contributed by atoms with Gasteiger partial charge in [0.15, 0.2) is 0 Å². The van der Waals surface area contributed by atoms with E-state index in [-0.39, 0.29) is 0 Å². The van der Waals surface area contributed by atoms with Crippen LogP contribution in [0, 0.1) is 0 Å². The van der Waals surface area contributed by atoms with Gasteiger partial charge in [-0.05, 0) is 36.6 Å². The summed E-state index contributed by atoms with van der Waals surface area (Å²) in [5.74, 6) is -0.966. The molecule has 1 aliphatic carbocycles. The van der Waals surface area contributed by atoms with Gasteiger partial charge in [0.25, 0.3) is 0 Å². The summed E-state index contributed by atoms with van der Waals surface area (Å²) in [6.45, 7) is 4.54. The minimum absolute atomic E-state index is 0.552. The average molecular weight is 278 g/mol.